The molecule has 0 bridgehead atoms. The Balaban J connectivity index is 1.95. The van der Waals surface area contributed by atoms with E-state index in [9.17, 15) is 0 Å². The Morgan fingerprint density at radius 3 is 2.63 bits per heavy atom. The summed E-state index contributed by atoms with van der Waals surface area (Å²) in [5.74, 6) is 0.512. The Labute approximate surface area is 118 Å². The zero-order valence-corrected chi connectivity index (χ0v) is 11.6. The molecule has 0 amide bonds. The van der Waals surface area contributed by atoms with Gasteiger partial charge in [0, 0.05) is 5.92 Å². The lowest BCUT2D eigenvalue weighted by molar-refractivity contribution is 0.435. The van der Waals surface area contributed by atoms with Crippen molar-refractivity contribution in [3.63, 3.8) is 0 Å². The number of nitrogen functional groups attached to an aromatic ring is 1. The van der Waals surface area contributed by atoms with Gasteiger partial charge in [-0.1, -0.05) is 43.0 Å². The topological polar surface area (TPSA) is 43.8 Å². The van der Waals surface area contributed by atoms with E-state index in [1.165, 1.54) is 32.1 Å². The maximum atomic E-state index is 6.20. The Morgan fingerprint density at radius 1 is 1.16 bits per heavy atom. The van der Waals surface area contributed by atoms with E-state index in [1.54, 1.807) is 0 Å². The molecule has 1 heterocycles. The van der Waals surface area contributed by atoms with Gasteiger partial charge in [0.15, 0.2) is 0 Å². The fourth-order valence-electron chi connectivity index (χ4n) is 2.85. The van der Waals surface area contributed by atoms with Crippen LogP contribution in [-0.4, -0.2) is 9.78 Å². The normalized spacial score (nSPS) is 16.7. The molecule has 2 N–H and O–H groups in total. The van der Waals surface area contributed by atoms with E-state index in [-0.39, 0.29) is 0 Å². The molecule has 1 aliphatic rings. The molecule has 4 heteroatoms. The van der Waals surface area contributed by atoms with Crippen molar-refractivity contribution in [3.8, 4) is 5.69 Å². The molecule has 100 valence electrons. The van der Waals surface area contributed by atoms with Crippen LogP contribution in [0.3, 0.4) is 0 Å². The average molecular weight is 276 g/mol. The Bertz CT molecular complexity index is 571. The van der Waals surface area contributed by atoms with Crippen LogP contribution in [0.2, 0.25) is 5.02 Å². The first-order valence-corrected chi connectivity index (χ1v) is 7.23. The summed E-state index contributed by atoms with van der Waals surface area (Å²) in [4.78, 5) is 0. The number of rotatable bonds is 2. The number of aromatic nitrogens is 2. The number of halogens is 1. The van der Waals surface area contributed by atoms with E-state index in [1.807, 2.05) is 35.1 Å². The van der Waals surface area contributed by atoms with Crippen molar-refractivity contribution in [2.45, 2.75) is 38.0 Å². The maximum Gasteiger partial charge on any atom is 0.0889 e. The van der Waals surface area contributed by atoms with Gasteiger partial charge in [0.2, 0.25) is 0 Å². The van der Waals surface area contributed by atoms with Gasteiger partial charge in [-0.3, -0.25) is 0 Å². The minimum Gasteiger partial charge on any atom is -0.396 e. The highest BCUT2D eigenvalue weighted by atomic mass is 35.5. The third kappa shape index (κ3) is 2.47. The third-order valence-electron chi connectivity index (χ3n) is 3.86. The van der Waals surface area contributed by atoms with Crippen LogP contribution in [0.4, 0.5) is 5.69 Å². The van der Waals surface area contributed by atoms with Crippen LogP contribution in [0, 0.1) is 0 Å². The molecule has 1 aromatic heterocycles. The molecule has 19 heavy (non-hydrogen) atoms. The quantitative estimate of drug-likeness (QED) is 0.894. The predicted molar refractivity (Wildman–Crippen MR) is 78.8 cm³/mol. The zero-order chi connectivity index (χ0) is 13.2. The number of hydrogen-bond acceptors (Lipinski definition) is 2. The molecule has 0 saturated heterocycles. The second-order valence-electron chi connectivity index (χ2n) is 5.20. The summed E-state index contributed by atoms with van der Waals surface area (Å²) >= 11 is 6.20. The first kappa shape index (κ1) is 12.5. The van der Waals surface area contributed by atoms with Gasteiger partial charge in [0.1, 0.15) is 0 Å². The molecular formula is C15H18ClN3. The van der Waals surface area contributed by atoms with Crippen molar-refractivity contribution < 1.29 is 0 Å². The van der Waals surface area contributed by atoms with Crippen LogP contribution < -0.4 is 5.73 Å². The van der Waals surface area contributed by atoms with Crippen molar-refractivity contribution in [1.29, 1.82) is 0 Å². The number of para-hydroxylation sites is 1. The summed E-state index contributed by atoms with van der Waals surface area (Å²) in [6.45, 7) is 0. The second-order valence-corrected chi connectivity index (χ2v) is 5.61. The lowest BCUT2D eigenvalue weighted by Gasteiger charge is -2.20. The van der Waals surface area contributed by atoms with Crippen LogP contribution >= 0.6 is 11.6 Å². The first-order chi connectivity index (χ1) is 9.25. The van der Waals surface area contributed by atoms with E-state index >= 15 is 0 Å². The molecule has 1 aromatic carbocycles. The van der Waals surface area contributed by atoms with Crippen molar-refractivity contribution >= 4 is 17.3 Å². The summed E-state index contributed by atoms with van der Waals surface area (Å²) in [6, 6.07) is 7.70. The minimum absolute atomic E-state index is 0.512. The number of nitrogens with two attached hydrogens (primary N) is 1. The molecule has 0 spiro atoms. The van der Waals surface area contributed by atoms with Gasteiger partial charge >= 0.3 is 0 Å². The van der Waals surface area contributed by atoms with Gasteiger partial charge < -0.3 is 5.73 Å². The van der Waals surface area contributed by atoms with E-state index in [2.05, 4.69) is 5.10 Å². The van der Waals surface area contributed by atoms with Gasteiger partial charge in [-0.15, -0.1) is 0 Å². The molecule has 1 saturated carbocycles. The summed E-state index contributed by atoms with van der Waals surface area (Å²) < 4.78 is 1.81. The van der Waals surface area contributed by atoms with Crippen LogP contribution in [-0.2, 0) is 0 Å². The zero-order valence-electron chi connectivity index (χ0n) is 10.8. The van der Waals surface area contributed by atoms with E-state index < -0.39 is 0 Å². The Kier molecular flexibility index (Phi) is 3.47. The highest BCUT2D eigenvalue weighted by Gasteiger charge is 2.21. The molecular weight excluding hydrogens is 258 g/mol. The molecule has 1 fully saturated rings. The van der Waals surface area contributed by atoms with Crippen molar-refractivity contribution in [2.24, 2.45) is 0 Å². The summed E-state index contributed by atoms with van der Waals surface area (Å²) in [5.41, 5.74) is 8.85. The minimum atomic E-state index is 0.512. The monoisotopic (exact) mass is 275 g/mol. The van der Waals surface area contributed by atoms with E-state index in [0.29, 0.717) is 10.9 Å². The molecule has 3 nitrogen and oxygen atoms in total. The molecule has 1 aliphatic carbocycles. The summed E-state index contributed by atoms with van der Waals surface area (Å²) in [6.07, 6.45) is 8.17. The van der Waals surface area contributed by atoms with Gasteiger partial charge in [0.05, 0.1) is 28.3 Å². The second kappa shape index (κ2) is 5.25. The SMILES string of the molecule is Nc1cn(-c2ccccc2Cl)nc1C1CCCCC1. The van der Waals surface area contributed by atoms with E-state index in [0.717, 1.165) is 17.1 Å². The van der Waals surface area contributed by atoms with Gasteiger partial charge in [-0.05, 0) is 25.0 Å². The van der Waals surface area contributed by atoms with Gasteiger partial charge in [-0.25, -0.2) is 4.68 Å². The lowest BCUT2D eigenvalue weighted by atomic mass is 9.86. The van der Waals surface area contributed by atoms with Gasteiger partial charge in [-0.2, -0.15) is 5.10 Å². The maximum absolute atomic E-state index is 6.20. The largest absolute Gasteiger partial charge is 0.396 e. The van der Waals surface area contributed by atoms with Crippen LogP contribution in [0.1, 0.15) is 43.7 Å². The molecule has 2 aromatic rings. The number of hydrogen-bond donors (Lipinski definition) is 1. The third-order valence-corrected chi connectivity index (χ3v) is 4.18. The fourth-order valence-corrected chi connectivity index (χ4v) is 3.08. The fraction of sp³-hybridized carbons (Fsp3) is 0.400. The van der Waals surface area contributed by atoms with Crippen LogP contribution in [0.5, 0.6) is 0 Å². The molecule has 0 radical (unpaired) electrons. The smallest absolute Gasteiger partial charge is 0.0889 e. The van der Waals surface area contributed by atoms with Crippen molar-refractivity contribution in [3.05, 3.63) is 41.2 Å². The first-order valence-electron chi connectivity index (χ1n) is 6.85. The highest BCUT2D eigenvalue weighted by Crippen LogP contribution is 2.35. The van der Waals surface area contributed by atoms with Crippen LogP contribution in [0.25, 0.3) is 5.69 Å². The predicted octanol–water partition coefficient (Wildman–Crippen LogP) is 4.16. The Hall–Kier alpha value is -1.48. The highest BCUT2D eigenvalue weighted by molar-refractivity contribution is 6.32. The molecule has 0 atom stereocenters. The van der Waals surface area contributed by atoms with Crippen molar-refractivity contribution in [2.75, 3.05) is 5.73 Å². The number of anilines is 1. The standard InChI is InChI=1S/C15H18ClN3/c16-12-8-4-5-9-14(12)19-10-13(17)15(18-19)11-6-2-1-3-7-11/h4-5,8-11H,1-3,6-7,17H2. The Morgan fingerprint density at radius 2 is 1.89 bits per heavy atom. The van der Waals surface area contributed by atoms with Crippen molar-refractivity contribution in [1.82, 2.24) is 9.78 Å². The lowest BCUT2D eigenvalue weighted by Crippen LogP contribution is -2.07. The van der Waals surface area contributed by atoms with Gasteiger partial charge in [0.25, 0.3) is 0 Å². The number of nitrogens with zero attached hydrogens (tertiary/aromatic N) is 2. The van der Waals surface area contributed by atoms with E-state index in [4.69, 9.17) is 17.3 Å². The molecule has 3 rings (SSSR count). The van der Waals surface area contributed by atoms with Crippen LogP contribution in [0.15, 0.2) is 30.5 Å². The number of benzene rings is 1. The molecule has 0 aliphatic heterocycles. The summed E-state index contributed by atoms with van der Waals surface area (Å²) in [7, 11) is 0. The summed E-state index contributed by atoms with van der Waals surface area (Å²) in [5, 5.41) is 5.37. The molecule has 0 unspecified atom stereocenters. The average Bonchev–Trinajstić information content (AvgIpc) is 2.82.